The molecule has 0 aliphatic heterocycles. The summed E-state index contributed by atoms with van der Waals surface area (Å²) in [7, 11) is 1.65. The van der Waals surface area contributed by atoms with Crippen molar-refractivity contribution in [2.75, 3.05) is 18.2 Å². The Morgan fingerprint density at radius 2 is 1.68 bits per heavy atom. The fourth-order valence-corrected chi connectivity index (χ4v) is 2.56. The van der Waals surface area contributed by atoms with Crippen LogP contribution in [-0.2, 0) is 6.54 Å². The molecule has 3 rings (SSSR count). The Balaban J connectivity index is 1.70. The number of nitrogens with two attached hydrogens (primary N) is 1. The van der Waals surface area contributed by atoms with E-state index in [1.807, 2.05) is 48.5 Å². The van der Waals surface area contributed by atoms with Gasteiger partial charge in [-0.2, -0.15) is 0 Å². The van der Waals surface area contributed by atoms with Crippen LogP contribution in [-0.4, -0.2) is 12.9 Å². The molecule has 3 aromatic rings. The zero-order valence-electron chi connectivity index (χ0n) is 14.0. The number of nitrogen functional groups attached to an aromatic ring is 1. The molecule has 0 fully saturated rings. The third-order valence-electron chi connectivity index (χ3n) is 3.99. The van der Waals surface area contributed by atoms with Gasteiger partial charge in [-0.1, -0.05) is 42.5 Å². The maximum Gasteiger partial charge on any atom is 0.193 e. The molecule has 3 N–H and O–H groups in total. The summed E-state index contributed by atoms with van der Waals surface area (Å²) in [5, 5.41) is 3.30. The molecule has 0 spiro atoms. The van der Waals surface area contributed by atoms with Crippen molar-refractivity contribution < 1.29 is 9.53 Å². The SMILES string of the molecule is COc1ccc(CNc2ccc(C(=O)c3ccccc3)cc2N)cc1. The van der Waals surface area contributed by atoms with E-state index in [1.165, 1.54) is 0 Å². The number of hydrogen-bond acceptors (Lipinski definition) is 4. The van der Waals surface area contributed by atoms with Crippen LogP contribution in [0.25, 0.3) is 0 Å². The molecule has 126 valence electrons. The fourth-order valence-electron chi connectivity index (χ4n) is 2.56. The van der Waals surface area contributed by atoms with Gasteiger partial charge in [0.25, 0.3) is 0 Å². The highest BCUT2D eigenvalue weighted by Crippen LogP contribution is 2.23. The van der Waals surface area contributed by atoms with Crippen molar-refractivity contribution in [1.82, 2.24) is 0 Å². The average Bonchev–Trinajstić information content (AvgIpc) is 2.67. The maximum absolute atomic E-state index is 12.5. The predicted octanol–water partition coefficient (Wildman–Crippen LogP) is 4.12. The molecule has 4 nitrogen and oxygen atoms in total. The van der Waals surface area contributed by atoms with E-state index in [2.05, 4.69) is 5.32 Å². The van der Waals surface area contributed by atoms with E-state index in [4.69, 9.17) is 10.5 Å². The van der Waals surface area contributed by atoms with E-state index in [0.29, 0.717) is 23.4 Å². The van der Waals surface area contributed by atoms with Gasteiger partial charge >= 0.3 is 0 Å². The van der Waals surface area contributed by atoms with Crippen LogP contribution in [0.4, 0.5) is 11.4 Å². The van der Waals surface area contributed by atoms with E-state index >= 15 is 0 Å². The number of ketones is 1. The molecule has 0 unspecified atom stereocenters. The van der Waals surface area contributed by atoms with Crippen molar-refractivity contribution in [1.29, 1.82) is 0 Å². The number of benzene rings is 3. The molecule has 0 saturated heterocycles. The second-order valence-corrected chi connectivity index (χ2v) is 5.70. The second-order valence-electron chi connectivity index (χ2n) is 5.70. The molecule has 0 aliphatic carbocycles. The first-order valence-corrected chi connectivity index (χ1v) is 8.03. The number of methoxy groups -OCH3 is 1. The van der Waals surface area contributed by atoms with Crippen LogP contribution in [0.15, 0.2) is 72.8 Å². The highest BCUT2D eigenvalue weighted by molar-refractivity contribution is 6.09. The average molecular weight is 332 g/mol. The predicted molar refractivity (Wildman–Crippen MR) is 101 cm³/mol. The first kappa shape index (κ1) is 16.6. The van der Waals surface area contributed by atoms with Crippen LogP contribution in [0.2, 0.25) is 0 Å². The Morgan fingerprint density at radius 1 is 0.960 bits per heavy atom. The largest absolute Gasteiger partial charge is 0.497 e. The lowest BCUT2D eigenvalue weighted by molar-refractivity contribution is 0.103. The van der Waals surface area contributed by atoms with Crippen LogP contribution in [0.1, 0.15) is 21.5 Å². The number of carbonyl (C=O) groups is 1. The van der Waals surface area contributed by atoms with E-state index in [1.54, 1.807) is 31.4 Å². The molecule has 0 heterocycles. The lowest BCUT2D eigenvalue weighted by atomic mass is 10.0. The van der Waals surface area contributed by atoms with Crippen LogP contribution >= 0.6 is 0 Å². The van der Waals surface area contributed by atoms with Crippen molar-refractivity contribution >= 4 is 17.2 Å². The van der Waals surface area contributed by atoms with Gasteiger partial charge in [0.05, 0.1) is 18.5 Å². The van der Waals surface area contributed by atoms with Crippen LogP contribution in [0.5, 0.6) is 5.75 Å². The summed E-state index contributed by atoms with van der Waals surface area (Å²) in [6.07, 6.45) is 0. The van der Waals surface area contributed by atoms with Crippen molar-refractivity contribution in [2.45, 2.75) is 6.54 Å². The molecule has 0 amide bonds. The highest BCUT2D eigenvalue weighted by Gasteiger charge is 2.10. The highest BCUT2D eigenvalue weighted by atomic mass is 16.5. The van der Waals surface area contributed by atoms with Gasteiger partial charge in [0.1, 0.15) is 5.75 Å². The topological polar surface area (TPSA) is 64.3 Å². The molecular formula is C21H20N2O2. The van der Waals surface area contributed by atoms with Gasteiger partial charge in [0.2, 0.25) is 0 Å². The number of carbonyl (C=O) groups excluding carboxylic acids is 1. The second kappa shape index (κ2) is 7.53. The van der Waals surface area contributed by atoms with Crippen molar-refractivity contribution in [2.24, 2.45) is 0 Å². The first-order valence-electron chi connectivity index (χ1n) is 8.03. The minimum absolute atomic E-state index is 0.0333. The Labute approximate surface area is 147 Å². The molecule has 0 radical (unpaired) electrons. The third kappa shape index (κ3) is 3.98. The molecule has 4 heteroatoms. The van der Waals surface area contributed by atoms with Gasteiger partial charge in [0, 0.05) is 17.7 Å². The lowest BCUT2D eigenvalue weighted by Crippen LogP contribution is -2.06. The van der Waals surface area contributed by atoms with Crippen molar-refractivity contribution in [3.05, 3.63) is 89.5 Å². The van der Waals surface area contributed by atoms with Crippen LogP contribution in [0.3, 0.4) is 0 Å². The standard InChI is InChI=1S/C21H20N2O2/c1-25-18-10-7-15(8-11-18)14-23-20-12-9-17(13-19(20)22)21(24)16-5-3-2-4-6-16/h2-13,23H,14,22H2,1H3. The van der Waals surface area contributed by atoms with Gasteiger partial charge in [-0.3, -0.25) is 4.79 Å². The Bertz CT molecular complexity index is 859. The molecule has 3 aromatic carbocycles. The minimum Gasteiger partial charge on any atom is -0.497 e. The van der Waals surface area contributed by atoms with E-state index < -0.39 is 0 Å². The monoisotopic (exact) mass is 332 g/mol. The van der Waals surface area contributed by atoms with Gasteiger partial charge in [-0.15, -0.1) is 0 Å². The summed E-state index contributed by atoms with van der Waals surface area (Å²) in [6, 6.07) is 22.4. The molecular weight excluding hydrogens is 312 g/mol. The van der Waals surface area contributed by atoms with Crippen LogP contribution < -0.4 is 15.8 Å². The molecule has 0 aliphatic rings. The van der Waals surface area contributed by atoms with E-state index in [0.717, 1.165) is 17.0 Å². The summed E-state index contributed by atoms with van der Waals surface area (Å²) in [5.74, 6) is 0.793. The van der Waals surface area contributed by atoms with Crippen molar-refractivity contribution in [3.63, 3.8) is 0 Å². The van der Waals surface area contributed by atoms with Crippen molar-refractivity contribution in [3.8, 4) is 5.75 Å². The van der Waals surface area contributed by atoms with E-state index in [-0.39, 0.29) is 5.78 Å². The third-order valence-corrected chi connectivity index (χ3v) is 3.99. The smallest absolute Gasteiger partial charge is 0.193 e. The summed E-state index contributed by atoms with van der Waals surface area (Å²) in [4.78, 5) is 12.5. The molecule has 0 aromatic heterocycles. The number of ether oxygens (including phenoxy) is 1. The Morgan fingerprint density at radius 3 is 2.32 bits per heavy atom. The van der Waals surface area contributed by atoms with Gasteiger partial charge < -0.3 is 15.8 Å². The molecule has 25 heavy (non-hydrogen) atoms. The number of anilines is 2. The number of hydrogen-bond donors (Lipinski definition) is 2. The summed E-state index contributed by atoms with van der Waals surface area (Å²) >= 11 is 0. The summed E-state index contributed by atoms with van der Waals surface area (Å²) < 4.78 is 5.15. The first-order chi connectivity index (χ1) is 12.2. The fraction of sp³-hybridized carbons (Fsp3) is 0.0952. The molecule has 0 atom stereocenters. The zero-order chi connectivity index (χ0) is 17.6. The molecule has 0 bridgehead atoms. The molecule has 0 saturated carbocycles. The minimum atomic E-state index is -0.0333. The number of nitrogens with one attached hydrogen (secondary N) is 1. The van der Waals surface area contributed by atoms with Crippen LogP contribution in [0, 0.1) is 0 Å². The van der Waals surface area contributed by atoms with Gasteiger partial charge in [-0.05, 0) is 35.9 Å². The van der Waals surface area contributed by atoms with Gasteiger partial charge in [0.15, 0.2) is 5.78 Å². The zero-order valence-corrected chi connectivity index (χ0v) is 14.0. The summed E-state index contributed by atoms with van der Waals surface area (Å²) in [5.41, 5.74) is 9.82. The lowest BCUT2D eigenvalue weighted by Gasteiger charge is -2.11. The Kier molecular flexibility index (Phi) is 5.00. The Hall–Kier alpha value is -3.27. The van der Waals surface area contributed by atoms with E-state index in [9.17, 15) is 4.79 Å². The summed E-state index contributed by atoms with van der Waals surface area (Å²) in [6.45, 7) is 0.639. The maximum atomic E-state index is 12.5. The quantitative estimate of drug-likeness (QED) is 0.526. The van der Waals surface area contributed by atoms with Gasteiger partial charge in [-0.25, -0.2) is 0 Å². The number of rotatable bonds is 6. The normalized spacial score (nSPS) is 10.3.